The number of hydrogen-bond acceptors (Lipinski definition) is 3. The monoisotopic (exact) mass is 487 g/mol. The van der Waals surface area contributed by atoms with E-state index in [1.807, 2.05) is 43.1 Å². The molecule has 0 spiro atoms. The van der Waals surface area contributed by atoms with Crippen molar-refractivity contribution < 1.29 is 0 Å². The van der Waals surface area contributed by atoms with Crippen LogP contribution in [-0.4, -0.2) is 53.6 Å². The molecule has 33 heavy (non-hydrogen) atoms. The van der Waals surface area contributed by atoms with E-state index in [1.165, 1.54) is 38.5 Å². The Bertz CT molecular complexity index is 1150. The highest BCUT2D eigenvalue weighted by Gasteiger charge is 2.14. The minimum Gasteiger partial charge on any atom is -0.363 e. The molecule has 8 heteroatoms. The van der Waals surface area contributed by atoms with Crippen LogP contribution in [0.4, 0.5) is 11.4 Å². The second kappa shape index (κ2) is 11.5. The van der Waals surface area contributed by atoms with Crippen molar-refractivity contribution in [3.05, 3.63) is 46.8 Å². The van der Waals surface area contributed by atoms with E-state index in [9.17, 15) is 4.79 Å². The number of H-pyrrole nitrogens is 1. The number of nitrogens with one attached hydrogen (secondary N) is 1. The van der Waals surface area contributed by atoms with Crippen LogP contribution in [-0.2, 0) is 0 Å². The Balaban J connectivity index is 0.00000153. The number of benzene rings is 2. The Hall–Kier alpha value is -2.57. The van der Waals surface area contributed by atoms with E-state index in [0.717, 1.165) is 48.3 Å². The maximum atomic E-state index is 12.9. The third-order valence-electron chi connectivity index (χ3n) is 6.30. The highest BCUT2D eigenvalue weighted by atomic mass is 35.5. The largest absolute Gasteiger partial charge is 0.363 e. The summed E-state index contributed by atoms with van der Waals surface area (Å²) >= 11 is 0. The number of piperidine rings is 2. The van der Waals surface area contributed by atoms with E-state index < -0.39 is 0 Å². The van der Waals surface area contributed by atoms with Crippen molar-refractivity contribution in [1.29, 1.82) is 0 Å². The molecular formula is C25H31Cl2N5O. The van der Waals surface area contributed by atoms with Crippen molar-refractivity contribution in [2.24, 2.45) is 9.98 Å². The van der Waals surface area contributed by atoms with Crippen LogP contribution in [0.5, 0.6) is 0 Å². The molecule has 1 aromatic carbocycles. The van der Waals surface area contributed by atoms with E-state index >= 15 is 0 Å². The van der Waals surface area contributed by atoms with Gasteiger partial charge in [0.1, 0.15) is 0 Å². The number of aliphatic imine (C=N–C) groups is 2. The molecule has 0 amide bonds. The van der Waals surface area contributed by atoms with Crippen LogP contribution in [0.15, 0.2) is 51.3 Å². The Labute approximate surface area is 207 Å². The smallest absolute Gasteiger partial charge is 0.190 e. The maximum Gasteiger partial charge on any atom is 0.190 e. The number of aromatic nitrogens is 1. The van der Waals surface area contributed by atoms with Crippen LogP contribution >= 0.6 is 24.8 Å². The number of fused-ring (bicyclic) bond motifs is 3. The summed E-state index contributed by atoms with van der Waals surface area (Å²) in [5.41, 5.74) is 3.12. The minimum absolute atomic E-state index is 0. The lowest BCUT2D eigenvalue weighted by Crippen LogP contribution is -2.28. The van der Waals surface area contributed by atoms with Crippen LogP contribution in [0.1, 0.15) is 38.5 Å². The van der Waals surface area contributed by atoms with Crippen LogP contribution < -0.4 is 5.43 Å². The number of likely N-dealkylation sites (tertiary alicyclic amines) is 2. The first-order valence-electron chi connectivity index (χ1n) is 11.4. The molecule has 4 aliphatic rings. The maximum absolute atomic E-state index is 12.9. The molecule has 3 aliphatic heterocycles. The number of rotatable bonds is 4. The summed E-state index contributed by atoms with van der Waals surface area (Å²) < 4.78 is 0. The molecule has 3 heterocycles. The van der Waals surface area contributed by atoms with E-state index in [2.05, 4.69) is 24.8 Å². The van der Waals surface area contributed by atoms with Gasteiger partial charge in [-0.3, -0.25) is 4.79 Å². The molecule has 1 aliphatic carbocycles. The Morgan fingerprint density at radius 3 is 2.00 bits per heavy atom. The number of nitrogens with zero attached hydrogens (tertiary/aromatic N) is 4. The first-order chi connectivity index (χ1) is 15.3. The van der Waals surface area contributed by atoms with E-state index in [-0.39, 0.29) is 30.2 Å². The van der Waals surface area contributed by atoms with Gasteiger partial charge in [0.25, 0.3) is 0 Å². The van der Waals surface area contributed by atoms with Gasteiger partial charge in [0.05, 0.1) is 35.3 Å². The standard InChI is InChI=1S/C25H29N5O.2ClH/c31-24-15-21(28-18-30-11-5-2-6-12-30)14-23-25(24)22-8-7-20(13-19(22)16-26-23)27-17-29-9-3-1-4-10-29;;/h7-8,13-18,26H,1-6,9-12H2;2*1H. The molecular weight excluding hydrogens is 457 g/mol. The van der Waals surface area contributed by atoms with E-state index in [1.54, 1.807) is 6.07 Å². The van der Waals surface area contributed by atoms with Crippen molar-refractivity contribution in [3.63, 3.8) is 0 Å². The third kappa shape index (κ3) is 5.87. The van der Waals surface area contributed by atoms with Gasteiger partial charge in [-0.05, 0) is 62.1 Å². The van der Waals surface area contributed by atoms with Crippen molar-refractivity contribution in [2.45, 2.75) is 38.5 Å². The van der Waals surface area contributed by atoms with Gasteiger partial charge < -0.3 is 14.8 Å². The highest BCUT2D eigenvalue weighted by Crippen LogP contribution is 2.31. The molecule has 0 aromatic heterocycles. The molecule has 1 N–H and O–H groups in total. The third-order valence-corrected chi connectivity index (χ3v) is 6.30. The topological polar surface area (TPSA) is 64.1 Å². The van der Waals surface area contributed by atoms with Crippen LogP contribution in [0.3, 0.4) is 0 Å². The molecule has 176 valence electrons. The summed E-state index contributed by atoms with van der Waals surface area (Å²) in [6.45, 7) is 4.25. The molecule has 5 rings (SSSR count). The zero-order chi connectivity index (χ0) is 21.0. The number of pyridine rings is 1. The number of hydrogen-bond donors (Lipinski definition) is 1. The molecule has 0 unspecified atom stereocenters. The quantitative estimate of drug-likeness (QED) is 0.288. The van der Waals surface area contributed by atoms with Crippen molar-refractivity contribution >= 4 is 59.6 Å². The van der Waals surface area contributed by atoms with Crippen molar-refractivity contribution in [1.82, 2.24) is 14.8 Å². The molecule has 0 radical (unpaired) electrons. The molecule has 2 fully saturated rings. The zero-order valence-corrected chi connectivity index (χ0v) is 20.3. The first kappa shape index (κ1) is 25.1. The van der Waals surface area contributed by atoms with Gasteiger partial charge in [-0.2, -0.15) is 0 Å². The van der Waals surface area contributed by atoms with Crippen molar-refractivity contribution in [3.8, 4) is 11.3 Å². The fourth-order valence-corrected chi connectivity index (χ4v) is 4.56. The lowest BCUT2D eigenvalue weighted by molar-refractivity contribution is 0.351. The van der Waals surface area contributed by atoms with Gasteiger partial charge in [0, 0.05) is 43.8 Å². The summed E-state index contributed by atoms with van der Waals surface area (Å²) in [4.78, 5) is 30.0. The number of halogens is 2. The van der Waals surface area contributed by atoms with Gasteiger partial charge in [-0.25, -0.2) is 9.98 Å². The summed E-state index contributed by atoms with van der Waals surface area (Å²) in [5, 5.41) is 1.93. The van der Waals surface area contributed by atoms with Crippen LogP contribution in [0.25, 0.3) is 22.0 Å². The normalized spacial score (nSPS) is 17.0. The lowest BCUT2D eigenvalue weighted by Gasteiger charge is -2.23. The average Bonchev–Trinajstić information content (AvgIpc) is 2.82. The lowest BCUT2D eigenvalue weighted by atomic mass is 10.0. The molecule has 0 saturated carbocycles. The Kier molecular flexibility index (Phi) is 8.75. The fourth-order valence-electron chi connectivity index (χ4n) is 4.56. The first-order valence-corrected chi connectivity index (χ1v) is 11.4. The highest BCUT2D eigenvalue weighted by molar-refractivity contribution is 5.98. The van der Waals surface area contributed by atoms with Crippen LogP contribution in [0.2, 0.25) is 0 Å². The summed E-state index contributed by atoms with van der Waals surface area (Å²) in [7, 11) is 0. The summed E-state index contributed by atoms with van der Waals surface area (Å²) in [5.74, 6) is 0. The molecule has 1 aromatic rings. The SMILES string of the molecule is Cl.Cl.O=c1cc(N=CN2CCCCC2)cc2[nH]cc3cc(N=CN4CCCCC4)ccc3c1-2. The average molecular weight is 488 g/mol. The van der Waals surface area contributed by atoms with Gasteiger partial charge in [-0.1, -0.05) is 6.07 Å². The molecule has 6 nitrogen and oxygen atoms in total. The predicted octanol–water partition coefficient (Wildman–Crippen LogP) is 5.77. The summed E-state index contributed by atoms with van der Waals surface area (Å²) in [6.07, 6.45) is 13.3. The minimum atomic E-state index is -0.00490. The Morgan fingerprint density at radius 1 is 0.758 bits per heavy atom. The van der Waals surface area contributed by atoms with Gasteiger partial charge >= 0.3 is 0 Å². The van der Waals surface area contributed by atoms with E-state index in [4.69, 9.17) is 0 Å². The second-order valence-electron chi connectivity index (χ2n) is 8.61. The summed E-state index contributed by atoms with van der Waals surface area (Å²) in [6, 6.07) is 9.63. The van der Waals surface area contributed by atoms with Gasteiger partial charge in [0.2, 0.25) is 0 Å². The fraction of sp³-hybridized carbons (Fsp3) is 0.400. The Morgan fingerprint density at radius 2 is 1.36 bits per heavy atom. The molecule has 0 atom stereocenters. The van der Waals surface area contributed by atoms with E-state index in [0.29, 0.717) is 11.3 Å². The predicted molar refractivity (Wildman–Crippen MR) is 143 cm³/mol. The van der Waals surface area contributed by atoms with Crippen LogP contribution in [0, 0.1) is 0 Å². The number of aromatic amines is 1. The zero-order valence-electron chi connectivity index (χ0n) is 18.7. The van der Waals surface area contributed by atoms with Crippen molar-refractivity contribution in [2.75, 3.05) is 26.2 Å². The van der Waals surface area contributed by atoms with Gasteiger partial charge in [-0.15, -0.1) is 24.8 Å². The molecule has 0 bridgehead atoms. The molecule has 2 saturated heterocycles. The van der Waals surface area contributed by atoms with Gasteiger partial charge in [0.15, 0.2) is 5.43 Å². The second-order valence-corrected chi connectivity index (χ2v) is 8.61.